The molecule has 2 aromatic rings. The number of halogens is 1. The number of furan rings is 1. The number of thioether (sulfide) groups is 1. The highest BCUT2D eigenvalue weighted by atomic mass is 79.9. The van der Waals surface area contributed by atoms with Gasteiger partial charge >= 0.3 is 0 Å². The fourth-order valence-electron chi connectivity index (χ4n) is 1.90. The third kappa shape index (κ3) is 3.12. The van der Waals surface area contributed by atoms with Gasteiger partial charge in [0.2, 0.25) is 0 Å². The lowest BCUT2D eigenvalue weighted by Gasteiger charge is -2.07. The van der Waals surface area contributed by atoms with E-state index in [4.69, 9.17) is 4.42 Å². The average molecular weight is 340 g/mol. The molecule has 0 aliphatic heterocycles. The van der Waals surface area contributed by atoms with Crippen LogP contribution in [0.15, 0.2) is 39.0 Å². The molecule has 0 unspecified atom stereocenters. The van der Waals surface area contributed by atoms with Crippen molar-refractivity contribution in [1.29, 1.82) is 0 Å². The molecule has 2 heterocycles. The monoisotopic (exact) mass is 339 g/mol. The SMILES string of the molecule is C=C(Br)CSc1nnc(C2CC2)n1Cc1ccco1. The summed E-state index contributed by atoms with van der Waals surface area (Å²) < 4.78 is 8.55. The normalized spacial score (nSPS) is 14.8. The van der Waals surface area contributed by atoms with Crippen molar-refractivity contribution in [2.45, 2.75) is 30.5 Å². The first-order chi connectivity index (χ1) is 9.24. The van der Waals surface area contributed by atoms with Gasteiger partial charge in [0.25, 0.3) is 0 Å². The van der Waals surface area contributed by atoms with Crippen LogP contribution >= 0.6 is 27.7 Å². The molecule has 4 nitrogen and oxygen atoms in total. The minimum Gasteiger partial charge on any atom is -0.467 e. The minimum absolute atomic E-state index is 0.573. The van der Waals surface area contributed by atoms with Crippen LogP contribution in [-0.4, -0.2) is 20.5 Å². The Morgan fingerprint density at radius 3 is 3.00 bits per heavy atom. The molecule has 1 aliphatic rings. The zero-order valence-electron chi connectivity index (χ0n) is 10.4. The highest BCUT2D eigenvalue weighted by Gasteiger charge is 2.30. The van der Waals surface area contributed by atoms with Crippen molar-refractivity contribution in [2.24, 2.45) is 0 Å². The molecule has 100 valence electrons. The maximum atomic E-state index is 5.43. The molecule has 2 aromatic heterocycles. The first kappa shape index (κ1) is 13.0. The van der Waals surface area contributed by atoms with E-state index in [0.29, 0.717) is 12.5 Å². The molecular formula is C13H14BrN3OS. The van der Waals surface area contributed by atoms with Crippen LogP contribution in [0.4, 0.5) is 0 Å². The largest absolute Gasteiger partial charge is 0.467 e. The maximum Gasteiger partial charge on any atom is 0.191 e. The Morgan fingerprint density at radius 1 is 1.53 bits per heavy atom. The minimum atomic E-state index is 0.573. The molecule has 0 spiro atoms. The van der Waals surface area contributed by atoms with Crippen LogP contribution in [0.25, 0.3) is 0 Å². The zero-order valence-corrected chi connectivity index (χ0v) is 12.8. The van der Waals surface area contributed by atoms with Gasteiger partial charge in [-0.1, -0.05) is 34.3 Å². The van der Waals surface area contributed by atoms with E-state index in [1.54, 1.807) is 18.0 Å². The highest BCUT2D eigenvalue weighted by Crippen LogP contribution is 2.40. The van der Waals surface area contributed by atoms with Gasteiger partial charge < -0.3 is 4.42 Å². The second-order valence-electron chi connectivity index (χ2n) is 4.59. The summed E-state index contributed by atoms with van der Waals surface area (Å²) in [5, 5.41) is 9.57. The van der Waals surface area contributed by atoms with Gasteiger partial charge in [-0.25, -0.2) is 0 Å². The van der Waals surface area contributed by atoms with E-state index in [1.165, 1.54) is 12.8 Å². The lowest BCUT2D eigenvalue weighted by atomic mass is 10.3. The van der Waals surface area contributed by atoms with Crippen LogP contribution < -0.4 is 0 Å². The first-order valence-electron chi connectivity index (χ1n) is 6.15. The summed E-state index contributed by atoms with van der Waals surface area (Å²) in [7, 11) is 0. The number of nitrogens with zero attached hydrogens (tertiary/aromatic N) is 3. The van der Waals surface area contributed by atoms with E-state index in [2.05, 4.69) is 37.3 Å². The van der Waals surface area contributed by atoms with Gasteiger partial charge in [0.1, 0.15) is 11.6 Å². The molecule has 0 radical (unpaired) electrons. The molecule has 19 heavy (non-hydrogen) atoms. The van der Waals surface area contributed by atoms with Gasteiger partial charge in [-0.15, -0.1) is 10.2 Å². The highest BCUT2D eigenvalue weighted by molar-refractivity contribution is 9.11. The van der Waals surface area contributed by atoms with Crippen molar-refractivity contribution < 1.29 is 4.42 Å². The fraction of sp³-hybridized carbons (Fsp3) is 0.385. The molecule has 6 heteroatoms. The van der Waals surface area contributed by atoms with E-state index in [9.17, 15) is 0 Å². The first-order valence-corrected chi connectivity index (χ1v) is 7.93. The number of hydrogen-bond acceptors (Lipinski definition) is 4. The van der Waals surface area contributed by atoms with E-state index < -0.39 is 0 Å². The summed E-state index contributed by atoms with van der Waals surface area (Å²) in [6, 6.07) is 3.89. The summed E-state index contributed by atoms with van der Waals surface area (Å²) in [4.78, 5) is 0. The Morgan fingerprint density at radius 2 is 2.37 bits per heavy atom. The Balaban J connectivity index is 1.84. The summed E-state index contributed by atoms with van der Waals surface area (Å²) in [5.74, 6) is 3.38. The Hall–Kier alpha value is -1.01. The Bertz CT molecular complexity index is 575. The average Bonchev–Trinajstić information content (AvgIpc) is 2.95. The van der Waals surface area contributed by atoms with Crippen LogP contribution in [0, 0.1) is 0 Å². The molecule has 3 rings (SSSR count). The van der Waals surface area contributed by atoms with Crippen LogP contribution in [-0.2, 0) is 6.54 Å². The molecule has 0 N–H and O–H groups in total. The molecule has 0 saturated heterocycles. The smallest absolute Gasteiger partial charge is 0.191 e. The lowest BCUT2D eigenvalue weighted by Crippen LogP contribution is -2.05. The second kappa shape index (κ2) is 5.54. The zero-order chi connectivity index (χ0) is 13.2. The molecular weight excluding hydrogens is 326 g/mol. The van der Waals surface area contributed by atoms with E-state index in [0.717, 1.165) is 27.0 Å². The Kier molecular flexibility index (Phi) is 3.79. The Labute approximate surface area is 124 Å². The van der Waals surface area contributed by atoms with Crippen molar-refractivity contribution in [3.8, 4) is 0 Å². The third-order valence-electron chi connectivity index (χ3n) is 2.94. The lowest BCUT2D eigenvalue weighted by molar-refractivity contribution is 0.478. The summed E-state index contributed by atoms with van der Waals surface area (Å²) >= 11 is 5.02. The topological polar surface area (TPSA) is 43.9 Å². The van der Waals surface area contributed by atoms with Crippen molar-refractivity contribution in [2.75, 3.05) is 5.75 Å². The van der Waals surface area contributed by atoms with Crippen molar-refractivity contribution in [1.82, 2.24) is 14.8 Å². The van der Waals surface area contributed by atoms with Crippen molar-refractivity contribution in [3.63, 3.8) is 0 Å². The molecule has 1 fully saturated rings. The van der Waals surface area contributed by atoms with Gasteiger partial charge in [-0.2, -0.15) is 0 Å². The van der Waals surface area contributed by atoms with Crippen LogP contribution in [0.5, 0.6) is 0 Å². The van der Waals surface area contributed by atoms with E-state index in [1.807, 2.05) is 12.1 Å². The number of rotatable bonds is 6. The predicted molar refractivity (Wildman–Crippen MR) is 78.6 cm³/mol. The second-order valence-corrected chi connectivity index (χ2v) is 6.65. The van der Waals surface area contributed by atoms with Gasteiger partial charge in [-0.05, 0) is 29.5 Å². The summed E-state index contributed by atoms with van der Waals surface area (Å²) in [5.41, 5.74) is 0. The summed E-state index contributed by atoms with van der Waals surface area (Å²) in [6.45, 7) is 4.55. The van der Waals surface area contributed by atoms with Crippen LogP contribution in [0.2, 0.25) is 0 Å². The van der Waals surface area contributed by atoms with Crippen molar-refractivity contribution >= 4 is 27.7 Å². The number of hydrogen-bond donors (Lipinski definition) is 0. The molecule has 0 aromatic carbocycles. The molecule has 1 saturated carbocycles. The van der Waals surface area contributed by atoms with Gasteiger partial charge in [0.15, 0.2) is 5.16 Å². The number of aromatic nitrogens is 3. The van der Waals surface area contributed by atoms with Crippen LogP contribution in [0.3, 0.4) is 0 Å². The standard InChI is InChI=1S/C13H14BrN3OS/c1-9(14)8-19-13-16-15-12(10-4-5-10)17(13)7-11-3-2-6-18-11/h2-3,6,10H,1,4-5,7-8H2. The molecule has 0 bridgehead atoms. The van der Waals surface area contributed by atoms with Crippen molar-refractivity contribution in [3.05, 3.63) is 41.0 Å². The van der Waals surface area contributed by atoms with E-state index in [-0.39, 0.29) is 0 Å². The summed E-state index contributed by atoms with van der Waals surface area (Å²) in [6.07, 6.45) is 4.13. The molecule has 0 atom stereocenters. The predicted octanol–water partition coefficient (Wildman–Crippen LogP) is 3.80. The fourth-order valence-corrected chi connectivity index (χ4v) is 2.94. The van der Waals surface area contributed by atoms with E-state index >= 15 is 0 Å². The quantitative estimate of drug-likeness (QED) is 0.751. The van der Waals surface area contributed by atoms with Crippen LogP contribution in [0.1, 0.15) is 30.3 Å². The molecule has 0 amide bonds. The molecule has 1 aliphatic carbocycles. The van der Waals surface area contributed by atoms with Gasteiger partial charge in [0.05, 0.1) is 12.8 Å². The maximum absolute atomic E-state index is 5.43. The van der Waals surface area contributed by atoms with Gasteiger partial charge in [0, 0.05) is 11.7 Å². The third-order valence-corrected chi connectivity index (χ3v) is 4.64. The van der Waals surface area contributed by atoms with Gasteiger partial charge in [-0.3, -0.25) is 4.57 Å².